The summed E-state index contributed by atoms with van der Waals surface area (Å²) < 4.78 is 5.65. The van der Waals surface area contributed by atoms with E-state index in [1.165, 1.54) is 22.9 Å². The molecule has 0 aliphatic heterocycles. The van der Waals surface area contributed by atoms with Gasteiger partial charge in [0.15, 0.2) is 0 Å². The maximum Gasteiger partial charge on any atom is 0.277 e. The molecule has 3 rings (SSSR count). The predicted molar refractivity (Wildman–Crippen MR) is 103 cm³/mol. The van der Waals surface area contributed by atoms with Gasteiger partial charge >= 0.3 is 0 Å². The lowest BCUT2D eigenvalue weighted by Gasteiger charge is -2.06. The smallest absolute Gasteiger partial charge is 0.277 e. The van der Waals surface area contributed by atoms with Crippen LogP contribution in [-0.2, 0) is 11.2 Å². The first-order valence-electron chi connectivity index (χ1n) is 8.47. The van der Waals surface area contributed by atoms with Gasteiger partial charge in [0.05, 0.1) is 5.75 Å². The first-order chi connectivity index (χ1) is 12.6. The highest BCUT2D eigenvalue weighted by Gasteiger charge is 2.12. The third kappa shape index (κ3) is 4.73. The van der Waals surface area contributed by atoms with Crippen LogP contribution >= 0.6 is 11.8 Å². The summed E-state index contributed by atoms with van der Waals surface area (Å²) in [4.78, 5) is 12.0. The van der Waals surface area contributed by atoms with E-state index >= 15 is 0 Å². The average molecular weight is 367 g/mol. The Morgan fingerprint density at radius 1 is 1.04 bits per heavy atom. The molecule has 0 unspecified atom stereocenters. The monoisotopic (exact) mass is 367 g/mol. The Hall–Kier alpha value is -2.60. The fraction of sp³-hybridized carbons (Fsp3) is 0.250. The van der Waals surface area contributed by atoms with Crippen molar-refractivity contribution in [3.05, 3.63) is 65.2 Å². The number of carbonyl (C=O) groups is 1. The normalized spacial score (nSPS) is 10.7. The van der Waals surface area contributed by atoms with Crippen LogP contribution in [0.5, 0.6) is 0 Å². The summed E-state index contributed by atoms with van der Waals surface area (Å²) in [5.41, 5.74) is 4.47. The summed E-state index contributed by atoms with van der Waals surface area (Å²) in [5, 5.41) is 11.4. The minimum atomic E-state index is -0.0424. The van der Waals surface area contributed by atoms with Gasteiger partial charge in [0, 0.05) is 12.1 Å². The lowest BCUT2D eigenvalue weighted by Crippen LogP contribution is -2.27. The molecule has 2 aromatic carbocycles. The number of thioether (sulfide) groups is 1. The van der Waals surface area contributed by atoms with Crippen LogP contribution in [-0.4, -0.2) is 28.4 Å². The van der Waals surface area contributed by atoms with E-state index in [-0.39, 0.29) is 11.7 Å². The maximum atomic E-state index is 12.0. The van der Waals surface area contributed by atoms with Crippen LogP contribution < -0.4 is 5.32 Å². The second-order valence-electron chi connectivity index (χ2n) is 6.00. The van der Waals surface area contributed by atoms with Crippen LogP contribution in [0.4, 0.5) is 0 Å². The molecule has 26 heavy (non-hydrogen) atoms. The molecule has 0 saturated heterocycles. The summed E-state index contributed by atoms with van der Waals surface area (Å²) in [7, 11) is 0. The SMILES string of the molecule is Cc1ccccc1CCNC(=O)CSc1nnc(-c2ccccc2C)o1. The first kappa shape index (κ1) is 18.2. The first-order valence-corrected chi connectivity index (χ1v) is 9.45. The van der Waals surface area contributed by atoms with E-state index in [0.29, 0.717) is 17.7 Å². The third-order valence-electron chi connectivity index (χ3n) is 4.09. The van der Waals surface area contributed by atoms with Gasteiger partial charge in [-0.05, 0) is 43.0 Å². The number of hydrogen-bond acceptors (Lipinski definition) is 5. The van der Waals surface area contributed by atoms with Gasteiger partial charge in [0.1, 0.15) is 0 Å². The highest BCUT2D eigenvalue weighted by atomic mass is 32.2. The molecular weight excluding hydrogens is 346 g/mol. The number of carbonyl (C=O) groups excluding carboxylic acids is 1. The Labute approximate surface area is 157 Å². The van der Waals surface area contributed by atoms with E-state index in [4.69, 9.17) is 4.42 Å². The van der Waals surface area contributed by atoms with Crippen molar-refractivity contribution >= 4 is 17.7 Å². The molecule has 0 aliphatic rings. The van der Waals surface area contributed by atoms with E-state index in [0.717, 1.165) is 17.5 Å². The number of rotatable bonds is 7. The summed E-state index contributed by atoms with van der Waals surface area (Å²) in [6.45, 7) is 4.69. The van der Waals surface area contributed by atoms with Crippen LogP contribution in [0.15, 0.2) is 58.2 Å². The Balaban J connectivity index is 1.46. The van der Waals surface area contributed by atoms with Crippen molar-refractivity contribution in [3.63, 3.8) is 0 Å². The topological polar surface area (TPSA) is 68.0 Å². The molecule has 1 aromatic heterocycles. The molecule has 0 fully saturated rings. The zero-order valence-electron chi connectivity index (χ0n) is 14.9. The van der Waals surface area contributed by atoms with Crippen LogP contribution in [0, 0.1) is 13.8 Å². The molecule has 5 nitrogen and oxygen atoms in total. The van der Waals surface area contributed by atoms with Crippen LogP contribution in [0.1, 0.15) is 16.7 Å². The Bertz CT molecular complexity index is 892. The van der Waals surface area contributed by atoms with Crippen molar-refractivity contribution in [1.82, 2.24) is 15.5 Å². The molecule has 0 aliphatic carbocycles. The highest BCUT2D eigenvalue weighted by Crippen LogP contribution is 2.25. The molecule has 6 heteroatoms. The molecule has 0 spiro atoms. The Morgan fingerprint density at radius 3 is 2.54 bits per heavy atom. The molecule has 1 heterocycles. The molecule has 0 bridgehead atoms. The number of hydrogen-bond donors (Lipinski definition) is 1. The largest absolute Gasteiger partial charge is 0.411 e. The molecular formula is C20H21N3O2S. The number of aryl methyl sites for hydroxylation is 2. The fourth-order valence-electron chi connectivity index (χ4n) is 2.60. The minimum absolute atomic E-state index is 0.0424. The van der Waals surface area contributed by atoms with Crippen molar-refractivity contribution < 1.29 is 9.21 Å². The number of nitrogens with one attached hydrogen (secondary N) is 1. The van der Waals surface area contributed by atoms with Crippen molar-refractivity contribution in [2.75, 3.05) is 12.3 Å². The molecule has 0 radical (unpaired) electrons. The van der Waals surface area contributed by atoms with E-state index in [2.05, 4.69) is 34.6 Å². The van der Waals surface area contributed by atoms with E-state index in [9.17, 15) is 4.79 Å². The quantitative estimate of drug-likeness (QED) is 0.643. The lowest BCUT2D eigenvalue weighted by molar-refractivity contribution is -0.118. The van der Waals surface area contributed by atoms with Gasteiger partial charge in [0.25, 0.3) is 5.22 Å². The third-order valence-corrected chi connectivity index (χ3v) is 4.90. The van der Waals surface area contributed by atoms with Gasteiger partial charge in [0.2, 0.25) is 11.8 Å². The number of amides is 1. The molecule has 0 saturated carbocycles. The minimum Gasteiger partial charge on any atom is -0.411 e. The van der Waals surface area contributed by atoms with Gasteiger partial charge in [-0.2, -0.15) is 0 Å². The van der Waals surface area contributed by atoms with Crippen molar-refractivity contribution in [3.8, 4) is 11.5 Å². The standard InChI is InChI=1S/C20H21N3O2S/c1-14-7-3-5-9-16(14)11-12-21-18(24)13-26-20-23-22-19(25-20)17-10-6-4-8-15(17)2/h3-10H,11-13H2,1-2H3,(H,21,24). The van der Waals surface area contributed by atoms with Gasteiger partial charge in [-0.1, -0.05) is 54.2 Å². The fourth-order valence-corrected chi connectivity index (χ4v) is 3.19. The van der Waals surface area contributed by atoms with Crippen molar-refractivity contribution in [1.29, 1.82) is 0 Å². The second kappa shape index (κ2) is 8.67. The number of nitrogens with zero attached hydrogens (tertiary/aromatic N) is 2. The molecule has 3 aromatic rings. The zero-order chi connectivity index (χ0) is 18.4. The summed E-state index contributed by atoms with van der Waals surface area (Å²) in [6.07, 6.45) is 0.821. The van der Waals surface area contributed by atoms with Gasteiger partial charge < -0.3 is 9.73 Å². The summed E-state index contributed by atoms with van der Waals surface area (Å²) >= 11 is 1.25. The molecule has 1 N–H and O–H groups in total. The highest BCUT2D eigenvalue weighted by molar-refractivity contribution is 7.99. The summed E-state index contributed by atoms with van der Waals surface area (Å²) in [5.74, 6) is 0.688. The van der Waals surface area contributed by atoms with E-state index in [1.807, 2.05) is 43.3 Å². The molecule has 1 amide bonds. The van der Waals surface area contributed by atoms with E-state index < -0.39 is 0 Å². The summed E-state index contributed by atoms with van der Waals surface area (Å²) in [6, 6.07) is 16.0. The van der Waals surface area contributed by atoms with Gasteiger partial charge in [-0.15, -0.1) is 10.2 Å². The van der Waals surface area contributed by atoms with Gasteiger partial charge in [-0.25, -0.2) is 0 Å². The zero-order valence-corrected chi connectivity index (χ0v) is 15.7. The number of benzene rings is 2. The molecule has 134 valence electrons. The van der Waals surface area contributed by atoms with Crippen molar-refractivity contribution in [2.24, 2.45) is 0 Å². The predicted octanol–water partition coefficient (Wildman–Crippen LogP) is 3.80. The molecule has 0 atom stereocenters. The Morgan fingerprint density at radius 2 is 1.77 bits per heavy atom. The van der Waals surface area contributed by atoms with Gasteiger partial charge in [-0.3, -0.25) is 4.79 Å². The number of aromatic nitrogens is 2. The Kier molecular flexibility index (Phi) is 6.07. The maximum absolute atomic E-state index is 12.0. The van der Waals surface area contributed by atoms with E-state index in [1.54, 1.807) is 0 Å². The second-order valence-corrected chi connectivity index (χ2v) is 6.93. The van der Waals surface area contributed by atoms with Crippen LogP contribution in [0.3, 0.4) is 0 Å². The average Bonchev–Trinajstić information content (AvgIpc) is 3.11. The van der Waals surface area contributed by atoms with Crippen LogP contribution in [0.25, 0.3) is 11.5 Å². The lowest BCUT2D eigenvalue weighted by atomic mass is 10.1. The van der Waals surface area contributed by atoms with Crippen molar-refractivity contribution in [2.45, 2.75) is 25.5 Å². The van der Waals surface area contributed by atoms with Crippen LogP contribution in [0.2, 0.25) is 0 Å².